The number of carbonyl (C=O) groups is 2. The summed E-state index contributed by atoms with van der Waals surface area (Å²) in [4.78, 5) is 25.5. The van der Waals surface area contributed by atoms with E-state index in [1.807, 2.05) is 44.2 Å². The number of carbonyl (C=O) groups excluding carboxylic acids is 2. The molecule has 0 heterocycles. The molecule has 1 aromatic rings. The first-order chi connectivity index (χ1) is 9.13. The maximum absolute atomic E-state index is 12.4. The highest BCUT2D eigenvalue weighted by atomic mass is 16.5. The average molecular weight is 264 g/mol. The van der Waals surface area contributed by atoms with Crippen LogP contribution in [0.5, 0.6) is 0 Å². The van der Waals surface area contributed by atoms with Crippen LogP contribution in [0.25, 0.3) is 0 Å². The second-order valence-electron chi connectivity index (χ2n) is 3.99. The lowest BCUT2D eigenvalue weighted by molar-refractivity contribution is -0.133. The molecule has 1 atom stereocenters. The molecule has 0 aliphatic heterocycles. The Balaban J connectivity index is 2.98. The van der Waals surface area contributed by atoms with Gasteiger partial charge in [-0.3, -0.25) is 4.79 Å². The highest BCUT2D eigenvalue weighted by Crippen LogP contribution is 2.16. The third-order valence-corrected chi connectivity index (χ3v) is 2.90. The molecule has 5 nitrogen and oxygen atoms in total. The van der Waals surface area contributed by atoms with Crippen molar-refractivity contribution in [2.75, 3.05) is 20.2 Å². The molecule has 0 aliphatic carbocycles. The van der Waals surface area contributed by atoms with Crippen LogP contribution in [0.2, 0.25) is 0 Å². The van der Waals surface area contributed by atoms with Crippen molar-refractivity contribution in [3.8, 4) is 0 Å². The topological polar surface area (TPSA) is 58.6 Å². The van der Waals surface area contributed by atoms with Crippen molar-refractivity contribution < 1.29 is 14.3 Å². The van der Waals surface area contributed by atoms with E-state index in [-0.39, 0.29) is 5.91 Å². The molecule has 0 spiro atoms. The maximum Gasteiger partial charge on any atom is 0.407 e. The number of hydrogen-bond acceptors (Lipinski definition) is 3. The molecule has 0 fully saturated rings. The van der Waals surface area contributed by atoms with Crippen LogP contribution < -0.4 is 5.32 Å². The molecule has 0 unspecified atom stereocenters. The van der Waals surface area contributed by atoms with Gasteiger partial charge in [0.2, 0.25) is 5.91 Å². The number of methoxy groups -OCH3 is 1. The summed E-state index contributed by atoms with van der Waals surface area (Å²) in [5.41, 5.74) is 0.741. The normalized spacial score (nSPS) is 11.5. The molecule has 0 aromatic heterocycles. The fourth-order valence-electron chi connectivity index (χ4n) is 1.83. The smallest absolute Gasteiger partial charge is 0.407 e. The van der Waals surface area contributed by atoms with Gasteiger partial charge in [-0.1, -0.05) is 30.3 Å². The van der Waals surface area contributed by atoms with E-state index >= 15 is 0 Å². The van der Waals surface area contributed by atoms with Gasteiger partial charge in [-0.2, -0.15) is 0 Å². The molecule has 104 valence electrons. The van der Waals surface area contributed by atoms with Gasteiger partial charge in [0.15, 0.2) is 0 Å². The van der Waals surface area contributed by atoms with Crippen molar-refractivity contribution in [3.05, 3.63) is 35.9 Å². The zero-order valence-electron chi connectivity index (χ0n) is 11.6. The van der Waals surface area contributed by atoms with Gasteiger partial charge in [-0.15, -0.1) is 0 Å². The fraction of sp³-hybridized carbons (Fsp3) is 0.429. The van der Waals surface area contributed by atoms with Crippen molar-refractivity contribution in [1.82, 2.24) is 10.2 Å². The summed E-state index contributed by atoms with van der Waals surface area (Å²) in [5.74, 6) is -0.137. The van der Waals surface area contributed by atoms with E-state index in [1.165, 1.54) is 7.11 Å². The number of nitrogens with one attached hydrogen (secondary N) is 1. The van der Waals surface area contributed by atoms with Crippen LogP contribution in [0, 0.1) is 0 Å². The Morgan fingerprint density at radius 1 is 1.21 bits per heavy atom. The Hall–Kier alpha value is -2.04. The lowest BCUT2D eigenvalue weighted by atomic mass is 10.1. The molecule has 2 amide bonds. The summed E-state index contributed by atoms with van der Waals surface area (Å²) in [6, 6.07) is 8.42. The largest absolute Gasteiger partial charge is 0.453 e. The zero-order chi connectivity index (χ0) is 14.3. The fourth-order valence-corrected chi connectivity index (χ4v) is 1.83. The third kappa shape index (κ3) is 3.98. The number of rotatable bonds is 5. The number of benzene rings is 1. The standard InChI is InChI=1S/C14H20N2O3/c1-4-16(5-2)13(17)12(15-14(18)19-3)11-9-7-6-8-10-11/h6-10,12H,4-5H2,1-3H3,(H,15,18)/t12-/m0/s1. The lowest BCUT2D eigenvalue weighted by Crippen LogP contribution is -2.42. The molecule has 19 heavy (non-hydrogen) atoms. The number of nitrogens with zero attached hydrogens (tertiary/aromatic N) is 1. The minimum atomic E-state index is -0.714. The SMILES string of the molecule is CCN(CC)C(=O)[C@@H](NC(=O)OC)c1ccccc1. The van der Waals surface area contributed by atoms with Crippen LogP contribution in [0.15, 0.2) is 30.3 Å². The Bertz CT molecular complexity index is 416. The van der Waals surface area contributed by atoms with Crippen molar-refractivity contribution in [1.29, 1.82) is 0 Å². The minimum Gasteiger partial charge on any atom is -0.453 e. The molecule has 0 saturated heterocycles. The average Bonchev–Trinajstić information content (AvgIpc) is 2.46. The summed E-state index contributed by atoms with van der Waals surface area (Å²) in [6.07, 6.45) is -0.616. The highest BCUT2D eigenvalue weighted by Gasteiger charge is 2.26. The molecular weight excluding hydrogens is 244 g/mol. The van der Waals surface area contributed by atoms with E-state index in [0.29, 0.717) is 13.1 Å². The van der Waals surface area contributed by atoms with Gasteiger partial charge in [-0.25, -0.2) is 4.79 Å². The highest BCUT2D eigenvalue weighted by molar-refractivity contribution is 5.86. The molecule has 0 aliphatic rings. The lowest BCUT2D eigenvalue weighted by Gasteiger charge is -2.25. The second kappa shape index (κ2) is 7.41. The zero-order valence-corrected chi connectivity index (χ0v) is 11.6. The molecule has 5 heteroatoms. The summed E-state index contributed by atoms with van der Waals surface area (Å²) in [6.45, 7) is 5.01. The number of ether oxygens (including phenoxy) is 1. The number of amides is 2. The number of alkyl carbamates (subject to hydrolysis) is 1. The number of hydrogen-bond donors (Lipinski definition) is 1. The van der Waals surface area contributed by atoms with Gasteiger partial charge in [0.1, 0.15) is 6.04 Å². The molecule has 1 aromatic carbocycles. The first kappa shape index (κ1) is 15.0. The monoisotopic (exact) mass is 264 g/mol. The number of likely N-dealkylation sites (N-methyl/N-ethyl adjacent to an activating group) is 1. The van der Waals surface area contributed by atoms with Gasteiger partial charge < -0.3 is 15.0 Å². The van der Waals surface area contributed by atoms with Crippen LogP contribution in [0.4, 0.5) is 4.79 Å². The predicted octanol–water partition coefficient (Wildman–Crippen LogP) is 1.95. The molecule has 1 N–H and O–H groups in total. The first-order valence-electron chi connectivity index (χ1n) is 6.32. The van der Waals surface area contributed by atoms with Crippen molar-refractivity contribution >= 4 is 12.0 Å². The minimum absolute atomic E-state index is 0.137. The van der Waals surface area contributed by atoms with Crippen LogP contribution in [0.1, 0.15) is 25.5 Å². The van der Waals surface area contributed by atoms with Crippen LogP contribution in [0.3, 0.4) is 0 Å². The van der Waals surface area contributed by atoms with Crippen LogP contribution in [-0.4, -0.2) is 37.1 Å². The van der Waals surface area contributed by atoms with E-state index in [4.69, 9.17) is 0 Å². The van der Waals surface area contributed by atoms with Crippen molar-refractivity contribution in [3.63, 3.8) is 0 Å². The Morgan fingerprint density at radius 2 is 1.79 bits per heavy atom. The summed E-state index contributed by atoms with van der Waals surface area (Å²) in [7, 11) is 1.28. The van der Waals surface area contributed by atoms with Crippen LogP contribution in [-0.2, 0) is 9.53 Å². The van der Waals surface area contributed by atoms with Gasteiger partial charge >= 0.3 is 6.09 Å². The Morgan fingerprint density at radius 3 is 2.26 bits per heavy atom. The van der Waals surface area contributed by atoms with E-state index < -0.39 is 12.1 Å². The molecule has 1 rings (SSSR count). The molecule has 0 bridgehead atoms. The van der Waals surface area contributed by atoms with Crippen molar-refractivity contribution in [2.45, 2.75) is 19.9 Å². The van der Waals surface area contributed by atoms with E-state index in [1.54, 1.807) is 4.90 Å². The molecule has 0 radical (unpaired) electrons. The Kier molecular flexibility index (Phi) is 5.85. The van der Waals surface area contributed by atoms with E-state index in [0.717, 1.165) is 5.56 Å². The summed E-state index contributed by atoms with van der Waals surface area (Å²) < 4.78 is 4.58. The molecular formula is C14H20N2O3. The summed E-state index contributed by atoms with van der Waals surface area (Å²) >= 11 is 0. The first-order valence-corrected chi connectivity index (χ1v) is 6.32. The Labute approximate surface area is 113 Å². The van der Waals surface area contributed by atoms with Gasteiger partial charge in [0.25, 0.3) is 0 Å². The maximum atomic E-state index is 12.4. The van der Waals surface area contributed by atoms with Gasteiger partial charge in [0, 0.05) is 13.1 Å². The quantitative estimate of drug-likeness (QED) is 0.884. The van der Waals surface area contributed by atoms with Crippen molar-refractivity contribution in [2.24, 2.45) is 0 Å². The van der Waals surface area contributed by atoms with E-state index in [9.17, 15) is 9.59 Å². The molecule has 0 saturated carbocycles. The van der Waals surface area contributed by atoms with E-state index in [2.05, 4.69) is 10.1 Å². The predicted molar refractivity (Wildman–Crippen MR) is 72.7 cm³/mol. The van der Waals surface area contributed by atoms with Crippen LogP contribution >= 0.6 is 0 Å². The second-order valence-corrected chi connectivity index (χ2v) is 3.99. The van der Waals surface area contributed by atoms with Gasteiger partial charge in [-0.05, 0) is 19.4 Å². The third-order valence-electron chi connectivity index (χ3n) is 2.90. The van der Waals surface area contributed by atoms with Gasteiger partial charge in [0.05, 0.1) is 7.11 Å². The summed E-state index contributed by atoms with van der Waals surface area (Å²) in [5, 5.41) is 2.58.